The Kier molecular flexibility index (Phi) is 5.03. The van der Waals surface area contributed by atoms with Crippen LogP contribution in [0.3, 0.4) is 0 Å². The fraction of sp³-hybridized carbons (Fsp3) is 0.550. The summed E-state index contributed by atoms with van der Waals surface area (Å²) in [4.78, 5) is 39.1. The van der Waals surface area contributed by atoms with E-state index >= 15 is 0 Å². The van der Waals surface area contributed by atoms with E-state index in [1.165, 1.54) is 4.90 Å². The van der Waals surface area contributed by atoms with Crippen molar-refractivity contribution in [2.45, 2.75) is 58.1 Å². The van der Waals surface area contributed by atoms with Crippen molar-refractivity contribution in [2.75, 3.05) is 6.54 Å². The summed E-state index contributed by atoms with van der Waals surface area (Å²) in [6.45, 7) is 5.60. The van der Waals surface area contributed by atoms with Crippen molar-refractivity contribution in [1.82, 2.24) is 10.2 Å². The minimum Gasteiger partial charge on any atom is -0.444 e. The van der Waals surface area contributed by atoms with Gasteiger partial charge in [-0.3, -0.25) is 14.5 Å². The smallest absolute Gasteiger partial charge is 0.407 e. The summed E-state index contributed by atoms with van der Waals surface area (Å²) >= 11 is 0. The largest absolute Gasteiger partial charge is 0.444 e. The Balaban J connectivity index is 1.78. The second-order valence-electron chi connectivity index (χ2n) is 8.02. The quantitative estimate of drug-likeness (QED) is 0.838. The number of carbonyl (C=O) groups is 3. The van der Waals surface area contributed by atoms with Gasteiger partial charge in [-0.1, -0.05) is 25.0 Å². The molecule has 1 aliphatic carbocycles. The number of nitrogens with one attached hydrogen (secondary N) is 1. The van der Waals surface area contributed by atoms with Gasteiger partial charge in [0, 0.05) is 6.54 Å². The lowest BCUT2D eigenvalue weighted by Crippen LogP contribution is -2.50. The van der Waals surface area contributed by atoms with E-state index in [4.69, 9.17) is 4.74 Å². The summed E-state index contributed by atoms with van der Waals surface area (Å²) in [7, 11) is 0. The third-order valence-corrected chi connectivity index (χ3v) is 4.96. The minimum absolute atomic E-state index is 0.201. The summed E-state index contributed by atoms with van der Waals surface area (Å²) in [5, 5.41) is 2.75. The van der Waals surface area contributed by atoms with Crippen LogP contribution < -0.4 is 5.32 Å². The van der Waals surface area contributed by atoms with Crippen LogP contribution in [-0.4, -0.2) is 41.0 Å². The molecule has 0 saturated heterocycles. The molecule has 6 nitrogen and oxygen atoms in total. The number of ether oxygens (including phenoxy) is 1. The third-order valence-electron chi connectivity index (χ3n) is 4.96. The maximum absolute atomic E-state index is 12.8. The average Bonchev–Trinajstić information content (AvgIpc) is 3.17. The molecule has 0 spiro atoms. The number of fused-ring (bicyclic) bond motifs is 1. The van der Waals surface area contributed by atoms with E-state index in [1.807, 2.05) is 0 Å². The number of carbonyl (C=O) groups excluding carboxylic acids is 3. The van der Waals surface area contributed by atoms with Gasteiger partial charge in [-0.25, -0.2) is 4.79 Å². The molecule has 1 unspecified atom stereocenters. The summed E-state index contributed by atoms with van der Waals surface area (Å²) < 4.78 is 5.29. The fourth-order valence-electron chi connectivity index (χ4n) is 3.82. The molecule has 140 valence electrons. The molecule has 0 radical (unpaired) electrons. The molecule has 3 rings (SSSR count). The number of imide groups is 1. The highest BCUT2D eigenvalue weighted by Crippen LogP contribution is 2.34. The van der Waals surface area contributed by atoms with E-state index in [0.29, 0.717) is 11.1 Å². The van der Waals surface area contributed by atoms with Crippen LogP contribution in [0.4, 0.5) is 4.79 Å². The van der Waals surface area contributed by atoms with Crippen molar-refractivity contribution in [2.24, 2.45) is 5.92 Å². The molecule has 6 heteroatoms. The number of rotatable bonds is 4. The monoisotopic (exact) mass is 358 g/mol. The standard InChI is InChI=1S/C20H26N2O4/c1-20(2,3)26-19(25)21-12-16(13-8-4-5-9-13)22-17(23)14-10-6-7-11-15(14)18(22)24/h6-7,10-11,13,16H,4-5,8-9,12H2,1-3H3,(H,21,25). The highest BCUT2D eigenvalue weighted by atomic mass is 16.6. The zero-order valence-corrected chi connectivity index (χ0v) is 15.6. The van der Waals surface area contributed by atoms with E-state index < -0.39 is 11.7 Å². The number of hydrogen-bond acceptors (Lipinski definition) is 4. The fourth-order valence-corrected chi connectivity index (χ4v) is 3.82. The van der Waals surface area contributed by atoms with Gasteiger partial charge in [0.25, 0.3) is 11.8 Å². The summed E-state index contributed by atoms with van der Waals surface area (Å²) in [5.74, 6) is -0.339. The number of benzene rings is 1. The molecular formula is C20H26N2O4. The minimum atomic E-state index is -0.595. The van der Waals surface area contributed by atoms with Crippen molar-refractivity contribution < 1.29 is 19.1 Å². The molecule has 2 aliphatic rings. The van der Waals surface area contributed by atoms with E-state index in [0.717, 1.165) is 25.7 Å². The molecule has 1 saturated carbocycles. The van der Waals surface area contributed by atoms with Crippen LogP contribution in [0.1, 0.15) is 67.2 Å². The lowest BCUT2D eigenvalue weighted by Gasteiger charge is -2.31. The molecule has 1 fully saturated rings. The Hall–Kier alpha value is -2.37. The van der Waals surface area contributed by atoms with Crippen LogP contribution in [0.5, 0.6) is 0 Å². The molecule has 1 heterocycles. The highest BCUT2D eigenvalue weighted by Gasteiger charge is 2.43. The Bertz CT molecular complexity index is 682. The zero-order chi connectivity index (χ0) is 18.9. The van der Waals surface area contributed by atoms with Gasteiger partial charge in [0.1, 0.15) is 5.60 Å². The lowest BCUT2D eigenvalue weighted by molar-refractivity contribution is 0.0431. The number of amides is 3. The van der Waals surface area contributed by atoms with Gasteiger partial charge in [-0.15, -0.1) is 0 Å². The van der Waals surface area contributed by atoms with Crippen molar-refractivity contribution >= 4 is 17.9 Å². The van der Waals surface area contributed by atoms with Crippen LogP contribution in [0.2, 0.25) is 0 Å². The molecule has 1 N–H and O–H groups in total. The lowest BCUT2D eigenvalue weighted by atomic mass is 9.96. The van der Waals surface area contributed by atoms with Gasteiger partial charge in [0.2, 0.25) is 0 Å². The zero-order valence-electron chi connectivity index (χ0n) is 15.6. The van der Waals surface area contributed by atoms with Gasteiger partial charge in [0.15, 0.2) is 0 Å². The number of nitrogens with zero attached hydrogens (tertiary/aromatic N) is 1. The molecule has 1 atom stereocenters. The first-order chi connectivity index (χ1) is 12.3. The van der Waals surface area contributed by atoms with Crippen molar-refractivity contribution in [3.63, 3.8) is 0 Å². The van der Waals surface area contributed by atoms with Crippen LogP contribution >= 0.6 is 0 Å². The van der Waals surface area contributed by atoms with Gasteiger partial charge in [-0.05, 0) is 51.7 Å². The number of hydrogen-bond donors (Lipinski definition) is 1. The molecule has 0 aromatic heterocycles. The SMILES string of the molecule is CC(C)(C)OC(=O)NCC(C1CCCC1)N1C(=O)c2ccccc2C1=O. The second-order valence-corrected chi connectivity index (χ2v) is 8.02. The predicted molar refractivity (Wildman–Crippen MR) is 96.9 cm³/mol. The molecular weight excluding hydrogens is 332 g/mol. The van der Waals surface area contributed by atoms with Crippen molar-refractivity contribution in [3.8, 4) is 0 Å². The van der Waals surface area contributed by atoms with E-state index in [-0.39, 0.29) is 30.3 Å². The molecule has 0 bridgehead atoms. The normalized spacial score (nSPS) is 18.8. The summed E-state index contributed by atoms with van der Waals surface area (Å²) in [5.41, 5.74) is 0.290. The maximum atomic E-state index is 12.8. The highest BCUT2D eigenvalue weighted by molar-refractivity contribution is 6.21. The predicted octanol–water partition coefficient (Wildman–Crippen LogP) is 3.37. The van der Waals surface area contributed by atoms with Crippen LogP contribution in [0, 0.1) is 5.92 Å². The summed E-state index contributed by atoms with van der Waals surface area (Å²) in [6.07, 6.45) is 3.53. The van der Waals surface area contributed by atoms with Crippen LogP contribution in [0.25, 0.3) is 0 Å². The van der Waals surface area contributed by atoms with Crippen LogP contribution in [0.15, 0.2) is 24.3 Å². The van der Waals surface area contributed by atoms with Gasteiger partial charge < -0.3 is 10.1 Å². The molecule has 1 aliphatic heterocycles. The van der Waals surface area contributed by atoms with Gasteiger partial charge in [-0.2, -0.15) is 0 Å². The second kappa shape index (κ2) is 7.09. The first-order valence-corrected chi connectivity index (χ1v) is 9.22. The third kappa shape index (κ3) is 3.74. The Labute approximate surface area is 153 Å². The molecule has 26 heavy (non-hydrogen) atoms. The molecule has 1 aromatic carbocycles. The van der Waals surface area contributed by atoms with Crippen molar-refractivity contribution in [1.29, 1.82) is 0 Å². The van der Waals surface area contributed by atoms with Crippen molar-refractivity contribution in [3.05, 3.63) is 35.4 Å². The first kappa shape index (κ1) is 18.4. The van der Waals surface area contributed by atoms with E-state index in [1.54, 1.807) is 45.0 Å². The van der Waals surface area contributed by atoms with Gasteiger partial charge >= 0.3 is 6.09 Å². The average molecular weight is 358 g/mol. The maximum Gasteiger partial charge on any atom is 0.407 e. The number of alkyl carbamates (subject to hydrolysis) is 1. The first-order valence-electron chi connectivity index (χ1n) is 9.22. The van der Waals surface area contributed by atoms with Gasteiger partial charge in [0.05, 0.1) is 17.2 Å². The summed E-state index contributed by atoms with van der Waals surface area (Å²) in [6, 6.07) is 6.54. The Morgan fingerprint density at radius 1 is 1.15 bits per heavy atom. The van der Waals surface area contributed by atoms with E-state index in [2.05, 4.69) is 5.32 Å². The van der Waals surface area contributed by atoms with Crippen LogP contribution in [-0.2, 0) is 4.74 Å². The Morgan fingerprint density at radius 2 is 1.69 bits per heavy atom. The topological polar surface area (TPSA) is 75.7 Å². The van der Waals surface area contributed by atoms with E-state index in [9.17, 15) is 14.4 Å². The Morgan fingerprint density at radius 3 is 2.19 bits per heavy atom. The molecule has 1 aromatic rings. The molecule has 3 amide bonds.